The van der Waals surface area contributed by atoms with Crippen LogP contribution in [0.5, 0.6) is 0 Å². The van der Waals surface area contributed by atoms with Crippen molar-refractivity contribution in [2.24, 2.45) is 0 Å². The van der Waals surface area contributed by atoms with Crippen molar-refractivity contribution in [1.29, 1.82) is 5.26 Å². The number of aliphatic hydroxyl groups excluding tert-OH is 1. The third kappa shape index (κ3) is 2.76. The largest absolute Gasteiger partial charge is 0.396 e. The third-order valence-electron chi connectivity index (χ3n) is 3.92. The molecule has 2 N–H and O–H groups in total. The summed E-state index contributed by atoms with van der Waals surface area (Å²) in [6.07, 6.45) is 1.61. The summed E-state index contributed by atoms with van der Waals surface area (Å²) in [6.45, 7) is 4.37. The number of fused-ring (bicyclic) bond motifs is 1. The minimum Gasteiger partial charge on any atom is -0.396 e. The summed E-state index contributed by atoms with van der Waals surface area (Å²) < 4.78 is 0. The number of hydrogen-bond donors (Lipinski definition) is 2. The van der Waals surface area contributed by atoms with Crippen LogP contribution in [-0.2, 0) is 0 Å². The van der Waals surface area contributed by atoms with Crippen LogP contribution in [0.4, 0.5) is 5.69 Å². The second kappa shape index (κ2) is 5.94. The van der Waals surface area contributed by atoms with Gasteiger partial charge in [0.15, 0.2) is 0 Å². The fraction of sp³-hybridized carbons (Fsp3) is 0.353. The van der Waals surface area contributed by atoms with Crippen LogP contribution in [0.2, 0.25) is 0 Å². The maximum Gasteiger partial charge on any atom is 0.0998 e. The van der Waals surface area contributed by atoms with Crippen LogP contribution in [0.25, 0.3) is 10.8 Å². The number of benzene rings is 2. The summed E-state index contributed by atoms with van der Waals surface area (Å²) in [7, 11) is 0. The molecule has 1 atom stereocenters. The van der Waals surface area contributed by atoms with Gasteiger partial charge in [-0.2, -0.15) is 5.26 Å². The van der Waals surface area contributed by atoms with Gasteiger partial charge in [0, 0.05) is 28.6 Å². The Morgan fingerprint density at radius 3 is 2.50 bits per heavy atom. The smallest absolute Gasteiger partial charge is 0.0998 e. The van der Waals surface area contributed by atoms with Crippen LogP contribution in [0.1, 0.15) is 32.3 Å². The van der Waals surface area contributed by atoms with Gasteiger partial charge in [0.1, 0.15) is 0 Å². The maximum absolute atomic E-state index is 9.22. The summed E-state index contributed by atoms with van der Waals surface area (Å²) in [5, 5.41) is 23.9. The predicted molar refractivity (Wildman–Crippen MR) is 82.7 cm³/mol. The van der Waals surface area contributed by atoms with E-state index in [9.17, 15) is 10.4 Å². The van der Waals surface area contributed by atoms with Gasteiger partial charge in [0.25, 0.3) is 0 Å². The van der Waals surface area contributed by atoms with Crippen LogP contribution in [0.3, 0.4) is 0 Å². The van der Waals surface area contributed by atoms with E-state index in [0.717, 1.165) is 22.9 Å². The highest BCUT2D eigenvalue weighted by atomic mass is 16.3. The van der Waals surface area contributed by atoms with Crippen LogP contribution < -0.4 is 5.32 Å². The monoisotopic (exact) mass is 268 g/mol. The molecular formula is C17H20N2O. The van der Waals surface area contributed by atoms with E-state index < -0.39 is 0 Å². The molecule has 1 unspecified atom stereocenters. The quantitative estimate of drug-likeness (QED) is 0.869. The first kappa shape index (κ1) is 14.4. The Balaban J connectivity index is 2.48. The molecule has 0 amide bonds. The lowest BCUT2D eigenvalue weighted by molar-refractivity contribution is 0.252. The zero-order valence-corrected chi connectivity index (χ0v) is 12.0. The molecule has 104 valence electrons. The summed E-state index contributed by atoms with van der Waals surface area (Å²) in [5.74, 6) is 0. The molecule has 0 bridgehead atoms. The molecule has 0 radical (unpaired) electrons. The number of nitriles is 1. The molecule has 0 aromatic heterocycles. The molecule has 0 spiro atoms. The van der Waals surface area contributed by atoms with Gasteiger partial charge in [0.2, 0.25) is 0 Å². The summed E-state index contributed by atoms with van der Waals surface area (Å²) in [4.78, 5) is 0. The molecule has 0 heterocycles. The topological polar surface area (TPSA) is 56.0 Å². The SMILES string of the molecule is CCC(C)(CCO)Nc1ccc(C#N)c2ccccc12. The molecule has 3 heteroatoms. The van der Waals surface area contributed by atoms with E-state index in [1.807, 2.05) is 36.4 Å². The van der Waals surface area contributed by atoms with Gasteiger partial charge >= 0.3 is 0 Å². The van der Waals surface area contributed by atoms with Crippen molar-refractivity contribution >= 4 is 16.5 Å². The fourth-order valence-corrected chi connectivity index (χ4v) is 2.41. The Kier molecular flexibility index (Phi) is 4.26. The Morgan fingerprint density at radius 2 is 1.90 bits per heavy atom. The Hall–Kier alpha value is -2.05. The molecular weight excluding hydrogens is 248 g/mol. The van der Waals surface area contributed by atoms with Gasteiger partial charge in [-0.05, 0) is 31.9 Å². The van der Waals surface area contributed by atoms with E-state index in [-0.39, 0.29) is 12.1 Å². The fourth-order valence-electron chi connectivity index (χ4n) is 2.41. The summed E-state index contributed by atoms with van der Waals surface area (Å²) in [5.41, 5.74) is 1.55. The Labute approximate surface area is 119 Å². The van der Waals surface area contributed by atoms with E-state index in [1.54, 1.807) is 0 Å². The zero-order chi connectivity index (χ0) is 14.6. The van der Waals surface area contributed by atoms with Crippen molar-refractivity contribution in [3.8, 4) is 6.07 Å². The normalized spacial score (nSPS) is 13.7. The van der Waals surface area contributed by atoms with Gasteiger partial charge in [0.05, 0.1) is 11.6 Å². The van der Waals surface area contributed by atoms with Crippen LogP contribution in [0, 0.1) is 11.3 Å². The number of hydrogen-bond acceptors (Lipinski definition) is 3. The highest BCUT2D eigenvalue weighted by Gasteiger charge is 2.21. The maximum atomic E-state index is 9.22. The molecule has 2 rings (SSSR count). The average Bonchev–Trinajstić information content (AvgIpc) is 2.48. The van der Waals surface area contributed by atoms with E-state index in [1.165, 1.54) is 0 Å². The van der Waals surface area contributed by atoms with Gasteiger partial charge in [-0.1, -0.05) is 31.2 Å². The van der Waals surface area contributed by atoms with Crippen molar-refractivity contribution in [1.82, 2.24) is 0 Å². The molecule has 2 aromatic carbocycles. The van der Waals surface area contributed by atoms with Crippen molar-refractivity contribution in [3.05, 3.63) is 42.0 Å². The van der Waals surface area contributed by atoms with Crippen molar-refractivity contribution in [2.75, 3.05) is 11.9 Å². The molecule has 20 heavy (non-hydrogen) atoms. The molecule has 2 aromatic rings. The first-order valence-electron chi connectivity index (χ1n) is 6.94. The number of rotatable bonds is 5. The molecule has 0 aliphatic carbocycles. The zero-order valence-electron chi connectivity index (χ0n) is 12.0. The van der Waals surface area contributed by atoms with Gasteiger partial charge < -0.3 is 10.4 Å². The van der Waals surface area contributed by atoms with Crippen molar-refractivity contribution in [2.45, 2.75) is 32.2 Å². The van der Waals surface area contributed by atoms with E-state index in [0.29, 0.717) is 12.0 Å². The van der Waals surface area contributed by atoms with Gasteiger partial charge in [-0.3, -0.25) is 0 Å². The molecule has 0 aliphatic heterocycles. The number of anilines is 1. The Bertz CT molecular complexity index is 645. The lowest BCUT2D eigenvalue weighted by Gasteiger charge is -2.31. The molecule has 0 fully saturated rings. The second-order valence-electron chi connectivity index (χ2n) is 5.33. The number of nitrogens with zero attached hydrogens (tertiary/aromatic N) is 1. The van der Waals surface area contributed by atoms with Crippen LogP contribution in [0.15, 0.2) is 36.4 Å². The third-order valence-corrected chi connectivity index (χ3v) is 3.92. The van der Waals surface area contributed by atoms with Gasteiger partial charge in [-0.25, -0.2) is 0 Å². The molecule has 3 nitrogen and oxygen atoms in total. The number of aliphatic hydroxyl groups is 1. The minimum atomic E-state index is -0.147. The Morgan fingerprint density at radius 1 is 1.20 bits per heavy atom. The second-order valence-corrected chi connectivity index (χ2v) is 5.33. The van der Waals surface area contributed by atoms with Crippen LogP contribution >= 0.6 is 0 Å². The highest BCUT2D eigenvalue weighted by molar-refractivity contribution is 5.97. The molecule has 0 aliphatic rings. The summed E-state index contributed by atoms with van der Waals surface area (Å²) in [6, 6.07) is 13.9. The first-order valence-corrected chi connectivity index (χ1v) is 6.94. The highest BCUT2D eigenvalue weighted by Crippen LogP contribution is 2.30. The number of nitrogens with one attached hydrogen (secondary N) is 1. The van der Waals surface area contributed by atoms with E-state index >= 15 is 0 Å². The van der Waals surface area contributed by atoms with Crippen molar-refractivity contribution < 1.29 is 5.11 Å². The molecule has 0 saturated heterocycles. The minimum absolute atomic E-state index is 0.147. The predicted octanol–water partition coefficient (Wildman–Crippen LogP) is 3.67. The van der Waals surface area contributed by atoms with E-state index in [4.69, 9.17) is 0 Å². The summed E-state index contributed by atoms with van der Waals surface area (Å²) >= 11 is 0. The van der Waals surface area contributed by atoms with Gasteiger partial charge in [-0.15, -0.1) is 0 Å². The average molecular weight is 268 g/mol. The first-order chi connectivity index (χ1) is 9.63. The van der Waals surface area contributed by atoms with E-state index in [2.05, 4.69) is 25.2 Å². The van der Waals surface area contributed by atoms with Crippen molar-refractivity contribution in [3.63, 3.8) is 0 Å². The standard InChI is InChI=1S/C17H20N2O/c1-3-17(2,10-11-20)19-16-9-8-13(12-18)14-6-4-5-7-15(14)16/h4-9,19-20H,3,10-11H2,1-2H3. The lowest BCUT2D eigenvalue weighted by atomic mass is 9.93. The van der Waals surface area contributed by atoms with Crippen LogP contribution in [-0.4, -0.2) is 17.3 Å². The molecule has 0 saturated carbocycles. The lowest BCUT2D eigenvalue weighted by Crippen LogP contribution is -2.35.